The summed E-state index contributed by atoms with van der Waals surface area (Å²) in [6.45, 7) is 3.74. The second-order valence-corrected chi connectivity index (χ2v) is 9.63. The van der Waals surface area contributed by atoms with Crippen LogP contribution in [0.3, 0.4) is 0 Å². The molecule has 0 bridgehead atoms. The van der Waals surface area contributed by atoms with Gasteiger partial charge in [0.2, 0.25) is 0 Å². The van der Waals surface area contributed by atoms with E-state index in [1.54, 1.807) is 50.2 Å². The van der Waals surface area contributed by atoms with Crippen molar-refractivity contribution in [2.45, 2.75) is 26.4 Å². The molecule has 0 radical (unpaired) electrons. The second kappa shape index (κ2) is 10.9. The summed E-state index contributed by atoms with van der Waals surface area (Å²) in [6, 6.07) is 16.6. The first-order chi connectivity index (χ1) is 19.2. The van der Waals surface area contributed by atoms with Crippen LogP contribution in [0.1, 0.15) is 46.8 Å². The third kappa shape index (κ3) is 4.69. The number of ketones is 1. The molecule has 1 N–H and O–H groups in total. The van der Waals surface area contributed by atoms with Crippen LogP contribution in [0, 0.1) is 10.1 Å². The highest BCUT2D eigenvalue weighted by Crippen LogP contribution is 2.49. The number of nitrogens with one attached hydrogen (secondary N) is 1. The first-order valence-corrected chi connectivity index (χ1v) is 12.9. The zero-order valence-electron chi connectivity index (χ0n) is 21.9. The molecule has 0 fully saturated rings. The highest BCUT2D eigenvalue weighted by Gasteiger charge is 2.43. The SMILES string of the molecule is CCOC(=O)C1=C(C)NC2=C(C(=O)c3ccccc32)[C@H]1c1cc(Cl)c(OCc2ccc([N+](=O)[O-])cc2)c(OC)c1. The molecule has 0 amide bonds. The van der Waals surface area contributed by atoms with E-state index < -0.39 is 16.8 Å². The topological polar surface area (TPSA) is 117 Å². The van der Waals surface area contributed by atoms with Crippen molar-refractivity contribution in [3.8, 4) is 11.5 Å². The van der Waals surface area contributed by atoms with Crippen LogP contribution in [0.2, 0.25) is 5.02 Å². The van der Waals surface area contributed by atoms with E-state index in [4.69, 9.17) is 25.8 Å². The number of nitrogens with zero attached hydrogens (tertiary/aromatic N) is 1. The average molecular weight is 561 g/mol. The number of carbonyl (C=O) groups is 2. The summed E-state index contributed by atoms with van der Waals surface area (Å²) < 4.78 is 17.0. The first-order valence-electron chi connectivity index (χ1n) is 12.5. The molecule has 0 unspecified atom stereocenters. The molecule has 1 atom stereocenters. The van der Waals surface area contributed by atoms with Gasteiger partial charge in [-0.1, -0.05) is 35.9 Å². The zero-order chi connectivity index (χ0) is 28.6. The Morgan fingerprint density at radius 1 is 1.10 bits per heavy atom. The van der Waals surface area contributed by atoms with Gasteiger partial charge >= 0.3 is 5.97 Å². The molecule has 3 aromatic rings. The monoisotopic (exact) mass is 560 g/mol. The largest absolute Gasteiger partial charge is 0.493 e. The Labute approximate surface area is 235 Å². The van der Waals surface area contributed by atoms with Crippen LogP contribution in [0.4, 0.5) is 5.69 Å². The minimum absolute atomic E-state index is 0.0243. The molecule has 1 heterocycles. The second-order valence-electron chi connectivity index (χ2n) is 9.23. The number of Topliss-reactive ketones (excluding diaryl/α,β-unsaturated/α-hetero) is 1. The summed E-state index contributed by atoms with van der Waals surface area (Å²) in [4.78, 5) is 37.3. The van der Waals surface area contributed by atoms with Gasteiger partial charge in [-0.2, -0.15) is 0 Å². The zero-order valence-corrected chi connectivity index (χ0v) is 22.7. The smallest absolute Gasteiger partial charge is 0.336 e. The number of benzene rings is 3. The number of halogens is 1. The number of nitro benzene ring substituents is 1. The molecule has 204 valence electrons. The fourth-order valence-electron chi connectivity index (χ4n) is 5.06. The minimum atomic E-state index is -0.773. The Morgan fingerprint density at radius 2 is 1.80 bits per heavy atom. The number of carbonyl (C=O) groups excluding carboxylic acids is 2. The third-order valence-electron chi connectivity index (χ3n) is 6.86. The van der Waals surface area contributed by atoms with Gasteiger partial charge in [-0.3, -0.25) is 14.9 Å². The maximum absolute atomic E-state index is 13.7. The van der Waals surface area contributed by atoms with E-state index in [2.05, 4.69) is 5.32 Å². The molecule has 40 heavy (non-hydrogen) atoms. The molecule has 1 aliphatic carbocycles. The number of nitro groups is 1. The molecule has 5 rings (SSSR count). The summed E-state index contributed by atoms with van der Waals surface area (Å²) in [5.74, 6) is -0.944. The lowest BCUT2D eigenvalue weighted by Crippen LogP contribution is -2.29. The van der Waals surface area contributed by atoms with Gasteiger partial charge in [0.05, 0.1) is 34.9 Å². The van der Waals surface area contributed by atoms with Crippen LogP contribution >= 0.6 is 11.6 Å². The number of non-ortho nitro benzene ring substituents is 1. The quantitative estimate of drug-likeness (QED) is 0.203. The number of esters is 1. The summed E-state index contributed by atoms with van der Waals surface area (Å²) in [5.41, 5.74) is 4.47. The molecule has 2 aliphatic rings. The minimum Gasteiger partial charge on any atom is -0.493 e. The van der Waals surface area contributed by atoms with E-state index in [1.165, 1.54) is 19.2 Å². The summed E-state index contributed by atoms with van der Waals surface area (Å²) >= 11 is 6.72. The molecule has 3 aromatic carbocycles. The fourth-order valence-corrected chi connectivity index (χ4v) is 5.33. The van der Waals surface area contributed by atoms with Crippen LogP contribution in [-0.4, -0.2) is 30.4 Å². The van der Waals surface area contributed by atoms with Gasteiger partial charge in [0.25, 0.3) is 5.69 Å². The number of ether oxygens (including phenoxy) is 3. The Kier molecular flexibility index (Phi) is 7.32. The average Bonchev–Trinajstić information content (AvgIpc) is 3.22. The van der Waals surface area contributed by atoms with Gasteiger partial charge in [-0.05, 0) is 49.2 Å². The van der Waals surface area contributed by atoms with Crippen molar-refractivity contribution >= 4 is 34.7 Å². The van der Waals surface area contributed by atoms with E-state index in [-0.39, 0.29) is 35.5 Å². The number of allylic oxidation sites excluding steroid dienone is 2. The van der Waals surface area contributed by atoms with Crippen LogP contribution < -0.4 is 14.8 Å². The number of methoxy groups -OCH3 is 1. The summed E-state index contributed by atoms with van der Waals surface area (Å²) in [7, 11) is 1.46. The van der Waals surface area contributed by atoms with Crippen molar-refractivity contribution in [3.63, 3.8) is 0 Å². The van der Waals surface area contributed by atoms with Gasteiger partial charge in [0.15, 0.2) is 17.3 Å². The van der Waals surface area contributed by atoms with Gasteiger partial charge in [-0.15, -0.1) is 0 Å². The third-order valence-corrected chi connectivity index (χ3v) is 7.14. The highest BCUT2D eigenvalue weighted by atomic mass is 35.5. The lowest BCUT2D eigenvalue weighted by Gasteiger charge is -2.29. The summed E-state index contributed by atoms with van der Waals surface area (Å²) in [5, 5.41) is 14.4. The summed E-state index contributed by atoms with van der Waals surface area (Å²) in [6.07, 6.45) is 0. The van der Waals surface area contributed by atoms with E-state index in [0.717, 1.165) is 5.56 Å². The number of rotatable bonds is 8. The van der Waals surface area contributed by atoms with Crippen molar-refractivity contribution in [2.75, 3.05) is 13.7 Å². The molecule has 1 aliphatic heterocycles. The lowest BCUT2D eigenvalue weighted by molar-refractivity contribution is -0.384. The molecule has 0 aromatic heterocycles. The molecular weight excluding hydrogens is 536 g/mol. The van der Waals surface area contributed by atoms with Gasteiger partial charge in [0.1, 0.15) is 6.61 Å². The molecule has 0 spiro atoms. The van der Waals surface area contributed by atoms with Crippen LogP contribution in [0.25, 0.3) is 5.70 Å². The van der Waals surface area contributed by atoms with Crippen LogP contribution in [-0.2, 0) is 16.1 Å². The Balaban J connectivity index is 1.56. The predicted molar refractivity (Wildman–Crippen MR) is 148 cm³/mol. The maximum Gasteiger partial charge on any atom is 0.336 e. The molecular formula is C30H25ClN2O7. The normalized spacial score (nSPS) is 15.8. The number of hydrogen-bond donors (Lipinski definition) is 1. The van der Waals surface area contributed by atoms with Crippen molar-refractivity contribution in [2.24, 2.45) is 0 Å². The Morgan fingerprint density at radius 3 is 2.45 bits per heavy atom. The lowest BCUT2D eigenvalue weighted by atomic mass is 9.79. The van der Waals surface area contributed by atoms with E-state index in [1.807, 2.05) is 12.1 Å². The Hall–Kier alpha value is -4.63. The highest BCUT2D eigenvalue weighted by molar-refractivity contribution is 6.32. The van der Waals surface area contributed by atoms with E-state index >= 15 is 0 Å². The molecule has 10 heteroatoms. The van der Waals surface area contributed by atoms with E-state index in [0.29, 0.717) is 45.0 Å². The van der Waals surface area contributed by atoms with Crippen LogP contribution in [0.5, 0.6) is 11.5 Å². The number of fused-ring (bicyclic) bond motifs is 2. The molecule has 0 saturated heterocycles. The van der Waals surface area contributed by atoms with Crippen molar-refractivity contribution < 1.29 is 28.7 Å². The van der Waals surface area contributed by atoms with Gasteiger partial charge in [-0.25, -0.2) is 4.79 Å². The van der Waals surface area contributed by atoms with Crippen molar-refractivity contribution in [3.05, 3.63) is 115 Å². The Bertz CT molecular complexity index is 1610. The van der Waals surface area contributed by atoms with Gasteiger partial charge in [0, 0.05) is 40.4 Å². The number of dihydropyridines is 1. The number of hydrogen-bond acceptors (Lipinski definition) is 8. The molecule has 0 saturated carbocycles. The maximum atomic E-state index is 13.7. The fraction of sp³-hybridized carbons (Fsp3) is 0.200. The first kappa shape index (κ1) is 27.0. The molecule has 9 nitrogen and oxygen atoms in total. The predicted octanol–water partition coefficient (Wildman–Crippen LogP) is 5.97. The van der Waals surface area contributed by atoms with Crippen molar-refractivity contribution in [1.82, 2.24) is 5.32 Å². The van der Waals surface area contributed by atoms with Gasteiger partial charge < -0.3 is 19.5 Å². The van der Waals surface area contributed by atoms with Crippen LogP contribution in [0.15, 0.2) is 77.5 Å². The standard InChI is InChI=1S/C30H25ClN2O7/c1-4-39-30(35)24-16(2)32-27-20-7-5-6-8-21(20)28(34)26(27)25(24)18-13-22(31)29(23(14-18)38-3)40-15-17-9-11-19(12-10-17)33(36)37/h5-14,25,32H,4,15H2,1-3H3/t25-/m0/s1. The van der Waals surface area contributed by atoms with Crippen molar-refractivity contribution in [1.29, 1.82) is 0 Å². The van der Waals surface area contributed by atoms with E-state index in [9.17, 15) is 19.7 Å².